The Balaban J connectivity index is 2.13. The van der Waals surface area contributed by atoms with E-state index in [0.717, 1.165) is 29.1 Å². The predicted molar refractivity (Wildman–Crippen MR) is 86.2 cm³/mol. The van der Waals surface area contributed by atoms with E-state index in [1.165, 1.54) is 5.56 Å². The number of rotatable bonds is 4. The van der Waals surface area contributed by atoms with Crippen molar-refractivity contribution < 1.29 is 0 Å². The third-order valence-corrected chi connectivity index (χ3v) is 4.29. The zero-order chi connectivity index (χ0) is 15.0. The summed E-state index contributed by atoms with van der Waals surface area (Å²) in [5, 5.41) is 4.97. The molecule has 3 aromatic rings. The van der Waals surface area contributed by atoms with Gasteiger partial charge in [-0.05, 0) is 19.1 Å². The van der Waals surface area contributed by atoms with Crippen molar-refractivity contribution in [2.45, 2.75) is 19.9 Å². The summed E-state index contributed by atoms with van der Waals surface area (Å²) in [6.07, 6.45) is 2.61. The maximum absolute atomic E-state index is 6.26. The van der Waals surface area contributed by atoms with Crippen molar-refractivity contribution in [3.8, 4) is 0 Å². The molecule has 0 N–H and O–H groups in total. The lowest BCUT2D eigenvalue weighted by molar-refractivity contribution is 0.724. The molecular weight excluding hydrogens is 307 g/mol. The summed E-state index contributed by atoms with van der Waals surface area (Å²) in [6.45, 7) is 2.79. The summed E-state index contributed by atoms with van der Waals surface area (Å²) < 4.78 is 4.05. The SMILES string of the molecule is Cc1c(Cn2c(CCCl)nc3c(Cl)cccc32)cnn1C. The first-order valence-electron chi connectivity index (χ1n) is 6.79. The van der Waals surface area contributed by atoms with Crippen LogP contribution in [0.2, 0.25) is 5.02 Å². The number of para-hydroxylation sites is 1. The largest absolute Gasteiger partial charge is 0.323 e. The number of halogens is 2. The quantitative estimate of drug-likeness (QED) is 0.688. The summed E-state index contributed by atoms with van der Waals surface area (Å²) >= 11 is 12.2. The van der Waals surface area contributed by atoms with E-state index in [1.807, 2.05) is 36.1 Å². The molecule has 0 aliphatic carbocycles. The van der Waals surface area contributed by atoms with Gasteiger partial charge in [0.25, 0.3) is 0 Å². The highest BCUT2D eigenvalue weighted by atomic mass is 35.5. The molecule has 0 bridgehead atoms. The van der Waals surface area contributed by atoms with Gasteiger partial charge in [0.2, 0.25) is 0 Å². The molecule has 0 aliphatic rings. The van der Waals surface area contributed by atoms with Crippen molar-refractivity contribution in [1.82, 2.24) is 19.3 Å². The van der Waals surface area contributed by atoms with Gasteiger partial charge in [-0.25, -0.2) is 4.98 Å². The van der Waals surface area contributed by atoms with Crippen molar-refractivity contribution >= 4 is 34.2 Å². The first-order valence-corrected chi connectivity index (χ1v) is 7.70. The molecule has 4 nitrogen and oxygen atoms in total. The van der Waals surface area contributed by atoms with Crippen LogP contribution in [0.15, 0.2) is 24.4 Å². The Bertz CT molecular complexity index is 788. The van der Waals surface area contributed by atoms with Crippen LogP contribution in [0.3, 0.4) is 0 Å². The third-order valence-electron chi connectivity index (χ3n) is 3.79. The van der Waals surface area contributed by atoms with Crippen LogP contribution in [0.4, 0.5) is 0 Å². The Labute approximate surface area is 133 Å². The maximum Gasteiger partial charge on any atom is 0.111 e. The highest BCUT2D eigenvalue weighted by molar-refractivity contribution is 6.34. The lowest BCUT2D eigenvalue weighted by Crippen LogP contribution is -2.07. The van der Waals surface area contributed by atoms with Gasteiger partial charge in [-0.2, -0.15) is 5.10 Å². The minimum absolute atomic E-state index is 0.535. The highest BCUT2D eigenvalue weighted by Crippen LogP contribution is 2.25. The molecule has 0 aliphatic heterocycles. The van der Waals surface area contributed by atoms with Crippen LogP contribution < -0.4 is 0 Å². The molecule has 0 fully saturated rings. The van der Waals surface area contributed by atoms with Crippen molar-refractivity contribution in [3.63, 3.8) is 0 Å². The molecule has 110 valence electrons. The number of imidazole rings is 1. The van der Waals surface area contributed by atoms with Gasteiger partial charge in [-0.3, -0.25) is 4.68 Å². The summed E-state index contributed by atoms with van der Waals surface area (Å²) in [5.41, 5.74) is 4.19. The van der Waals surface area contributed by atoms with Gasteiger partial charge in [0, 0.05) is 30.6 Å². The van der Waals surface area contributed by atoms with Crippen molar-refractivity contribution in [3.05, 3.63) is 46.5 Å². The van der Waals surface area contributed by atoms with Gasteiger partial charge in [-0.1, -0.05) is 17.7 Å². The topological polar surface area (TPSA) is 35.6 Å². The summed E-state index contributed by atoms with van der Waals surface area (Å²) in [7, 11) is 1.95. The van der Waals surface area contributed by atoms with Gasteiger partial charge < -0.3 is 4.57 Å². The van der Waals surface area contributed by atoms with Gasteiger partial charge >= 0.3 is 0 Å². The van der Waals surface area contributed by atoms with Crippen molar-refractivity contribution in [1.29, 1.82) is 0 Å². The van der Waals surface area contributed by atoms with Crippen LogP contribution in [0.5, 0.6) is 0 Å². The normalized spacial score (nSPS) is 11.4. The standard InChI is InChI=1S/C15H16Cl2N4/c1-10-11(8-18-20(10)2)9-21-13-5-3-4-12(17)15(13)19-14(21)6-7-16/h3-5,8H,6-7,9H2,1-2H3. The van der Waals surface area contributed by atoms with Crippen LogP contribution in [-0.2, 0) is 20.0 Å². The Morgan fingerprint density at radius 2 is 2.10 bits per heavy atom. The fourth-order valence-corrected chi connectivity index (χ4v) is 2.86. The van der Waals surface area contributed by atoms with Crippen LogP contribution in [0, 0.1) is 6.92 Å². The minimum Gasteiger partial charge on any atom is -0.323 e. The Hall–Kier alpha value is -1.52. The van der Waals surface area contributed by atoms with E-state index in [4.69, 9.17) is 23.2 Å². The smallest absolute Gasteiger partial charge is 0.111 e. The highest BCUT2D eigenvalue weighted by Gasteiger charge is 2.14. The number of hydrogen-bond acceptors (Lipinski definition) is 2. The van der Waals surface area contributed by atoms with E-state index in [9.17, 15) is 0 Å². The van der Waals surface area contributed by atoms with Crippen molar-refractivity contribution in [2.75, 3.05) is 5.88 Å². The molecule has 0 saturated heterocycles. The number of aryl methyl sites for hydroxylation is 2. The zero-order valence-electron chi connectivity index (χ0n) is 12.0. The molecular formula is C15H16Cl2N4. The Morgan fingerprint density at radius 3 is 2.76 bits per heavy atom. The van der Waals surface area contributed by atoms with Crippen molar-refractivity contribution in [2.24, 2.45) is 7.05 Å². The average Bonchev–Trinajstić information content (AvgIpc) is 2.97. The number of fused-ring (bicyclic) bond motifs is 1. The van der Waals surface area contributed by atoms with Gasteiger partial charge in [-0.15, -0.1) is 11.6 Å². The fraction of sp³-hybridized carbons (Fsp3) is 0.333. The monoisotopic (exact) mass is 322 g/mol. The molecule has 6 heteroatoms. The molecule has 0 unspecified atom stereocenters. The summed E-state index contributed by atoms with van der Waals surface area (Å²) in [4.78, 5) is 4.65. The molecule has 0 spiro atoms. The van der Waals surface area contributed by atoms with Crippen LogP contribution >= 0.6 is 23.2 Å². The van der Waals surface area contributed by atoms with Crippen LogP contribution in [0.25, 0.3) is 11.0 Å². The number of alkyl halides is 1. The second-order valence-corrected chi connectivity index (χ2v) is 5.82. The minimum atomic E-state index is 0.535. The second kappa shape index (κ2) is 5.70. The molecule has 21 heavy (non-hydrogen) atoms. The van der Waals surface area contributed by atoms with E-state index >= 15 is 0 Å². The van der Waals surface area contributed by atoms with Gasteiger partial charge in [0.05, 0.1) is 23.3 Å². The van der Waals surface area contributed by atoms with Gasteiger partial charge in [0.1, 0.15) is 11.3 Å². The molecule has 3 rings (SSSR count). The first-order chi connectivity index (χ1) is 10.1. The fourth-order valence-electron chi connectivity index (χ4n) is 2.48. The zero-order valence-corrected chi connectivity index (χ0v) is 13.5. The number of nitrogens with zero attached hydrogens (tertiary/aromatic N) is 4. The third kappa shape index (κ3) is 2.54. The van der Waals surface area contributed by atoms with Gasteiger partial charge in [0.15, 0.2) is 0 Å². The molecule has 2 heterocycles. The molecule has 0 saturated carbocycles. The number of aromatic nitrogens is 4. The molecule has 1 aromatic carbocycles. The molecule has 0 radical (unpaired) electrons. The van der Waals surface area contributed by atoms with E-state index < -0.39 is 0 Å². The second-order valence-electron chi connectivity index (χ2n) is 5.04. The Morgan fingerprint density at radius 1 is 1.29 bits per heavy atom. The van der Waals surface area contributed by atoms with E-state index in [1.54, 1.807) is 0 Å². The molecule has 0 amide bonds. The van der Waals surface area contributed by atoms with Crippen LogP contribution in [-0.4, -0.2) is 25.2 Å². The van der Waals surface area contributed by atoms with Crippen LogP contribution in [0.1, 0.15) is 17.1 Å². The molecule has 2 aromatic heterocycles. The summed E-state index contributed by atoms with van der Waals surface area (Å²) in [6, 6.07) is 5.85. The first kappa shape index (κ1) is 14.4. The molecule has 0 atom stereocenters. The lowest BCUT2D eigenvalue weighted by atomic mass is 10.2. The number of benzene rings is 1. The maximum atomic E-state index is 6.26. The number of hydrogen-bond donors (Lipinski definition) is 0. The van der Waals surface area contributed by atoms with E-state index in [2.05, 4.69) is 21.6 Å². The van der Waals surface area contributed by atoms with E-state index in [-0.39, 0.29) is 0 Å². The lowest BCUT2D eigenvalue weighted by Gasteiger charge is -2.08. The van der Waals surface area contributed by atoms with E-state index in [0.29, 0.717) is 17.3 Å². The predicted octanol–water partition coefficient (Wildman–Crippen LogP) is 3.56. The summed E-state index contributed by atoms with van der Waals surface area (Å²) in [5.74, 6) is 1.49. The Kier molecular flexibility index (Phi) is 3.91. The average molecular weight is 323 g/mol.